The molecule has 5 nitrogen and oxygen atoms in total. The van der Waals surface area contributed by atoms with Crippen LogP contribution in [0.25, 0.3) is 0 Å². The van der Waals surface area contributed by atoms with Crippen LogP contribution >= 0.6 is 0 Å². The van der Waals surface area contributed by atoms with E-state index in [0.717, 1.165) is 84.0 Å². The van der Waals surface area contributed by atoms with E-state index in [0.29, 0.717) is 6.61 Å². The van der Waals surface area contributed by atoms with E-state index in [9.17, 15) is 9.90 Å². The summed E-state index contributed by atoms with van der Waals surface area (Å²) in [6.07, 6.45) is 19.3. The summed E-state index contributed by atoms with van der Waals surface area (Å²) in [5, 5.41) is 9.17. The minimum atomic E-state index is 0.0422. The quantitative estimate of drug-likeness (QED) is 0.112. The Morgan fingerprint density at radius 2 is 1.24 bits per heavy atom. The maximum Gasteiger partial charge on any atom is 0.308 e. The predicted molar refractivity (Wildman–Crippen MR) is 140 cm³/mol. The number of nitrogens with zero attached hydrogens (tertiary/aromatic N) is 1. The van der Waals surface area contributed by atoms with E-state index in [1.165, 1.54) is 51.4 Å². The third-order valence-corrected chi connectivity index (χ3v) is 6.46. The van der Waals surface area contributed by atoms with Crippen molar-refractivity contribution in [1.82, 2.24) is 4.90 Å². The molecule has 0 rings (SSSR count). The summed E-state index contributed by atoms with van der Waals surface area (Å²) in [4.78, 5) is 15.0. The standard InChI is InChI=1S/C28H57NO4/c1-4-6-8-13-20-27(19-7-5-2)28(31)33-26-17-12-10-15-22-29(23-18-24-30)21-14-9-11-16-25-32-3/h27,30H,4-26H2,1-3H3. The molecule has 0 aliphatic carbocycles. The SMILES string of the molecule is CCCCCCC(CCCC)C(=O)OCCCCCCN(CCCO)CCCCCCOC. The van der Waals surface area contributed by atoms with E-state index < -0.39 is 0 Å². The molecule has 0 heterocycles. The van der Waals surface area contributed by atoms with Gasteiger partial charge in [-0.2, -0.15) is 0 Å². The smallest absolute Gasteiger partial charge is 0.308 e. The third kappa shape index (κ3) is 21.6. The van der Waals surface area contributed by atoms with Crippen molar-refractivity contribution in [3.63, 3.8) is 0 Å². The second-order valence-electron chi connectivity index (χ2n) is 9.60. The van der Waals surface area contributed by atoms with Gasteiger partial charge in [-0.05, 0) is 58.0 Å². The van der Waals surface area contributed by atoms with Crippen LogP contribution in [0.3, 0.4) is 0 Å². The molecule has 0 aliphatic heterocycles. The number of rotatable bonds is 26. The summed E-state index contributed by atoms with van der Waals surface area (Å²) < 4.78 is 10.8. The summed E-state index contributed by atoms with van der Waals surface area (Å²) in [6, 6.07) is 0. The van der Waals surface area contributed by atoms with Gasteiger partial charge in [-0.3, -0.25) is 4.79 Å². The van der Waals surface area contributed by atoms with Gasteiger partial charge >= 0.3 is 5.97 Å². The van der Waals surface area contributed by atoms with Crippen molar-refractivity contribution in [3.8, 4) is 0 Å². The Morgan fingerprint density at radius 3 is 1.85 bits per heavy atom. The minimum absolute atomic E-state index is 0.0422. The fourth-order valence-electron chi connectivity index (χ4n) is 4.29. The van der Waals surface area contributed by atoms with Crippen LogP contribution < -0.4 is 0 Å². The van der Waals surface area contributed by atoms with Crippen molar-refractivity contribution in [3.05, 3.63) is 0 Å². The third-order valence-electron chi connectivity index (χ3n) is 6.46. The second-order valence-corrected chi connectivity index (χ2v) is 9.60. The average Bonchev–Trinajstić information content (AvgIpc) is 2.82. The second kappa shape index (κ2) is 26.0. The summed E-state index contributed by atoms with van der Waals surface area (Å²) in [6.45, 7) is 9.34. The van der Waals surface area contributed by atoms with Gasteiger partial charge in [-0.15, -0.1) is 0 Å². The van der Waals surface area contributed by atoms with Gasteiger partial charge in [0, 0.05) is 26.9 Å². The maximum atomic E-state index is 12.5. The van der Waals surface area contributed by atoms with Crippen LogP contribution in [0.1, 0.15) is 123 Å². The van der Waals surface area contributed by atoms with Crippen molar-refractivity contribution in [2.45, 2.75) is 123 Å². The van der Waals surface area contributed by atoms with Crippen LogP contribution in [0.5, 0.6) is 0 Å². The van der Waals surface area contributed by atoms with E-state index in [4.69, 9.17) is 9.47 Å². The Balaban J connectivity index is 3.94. The average molecular weight is 472 g/mol. The normalized spacial score (nSPS) is 12.4. The van der Waals surface area contributed by atoms with Crippen LogP contribution in [0.2, 0.25) is 0 Å². The number of esters is 1. The van der Waals surface area contributed by atoms with Gasteiger partial charge < -0.3 is 19.5 Å². The van der Waals surface area contributed by atoms with Gasteiger partial charge in [0.15, 0.2) is 0 Å². The molecule has 33 heavy (non-hydrogen) atoms. The Labute approximate surface area is 206 Å². The van der Waals surface area contributed by atoms with Crippen LogP contribution in [-0.2, 0) is 14.3 Å². The molecule has 5 heteroatoms. The molecule has 198 valence electrons. The van der Waals surface area contributed by atoms with Crippen molar-refractivity contribution in [2.75, 3.05) is 46.6 Å². The lowest BCUT2D eigenvalue weighted by Gasteiger charge is -2.22. The molecule has 0 aromatic carbocycles. The molecule has 0 saturated heterocycles. The van der Waals surface area contributed by atoms with E-state index >= 15 is 0 Å². The predicted octanol–water partition coefficient (Wildman–Crippen LogP) is 6.76. The highest BCUT2D eigenvalue weighted by Gasteiger charge is 2.18. The van der Waals surface area contributed by atoms with Crippen molar-refractivity contribution in [1.29, 1.82) is 0 Å². The monoisotopic (exact) mass is 471 g/mol. The number of carbonyl (C=O) groups excluding carboxylic acids is 1. The summed E-state index contributed by atoms with van der Waals surface area (Å²) in [5.41, 5.74) is 0. The van der Waals surface area contributed by atoms with Gasteiger partial charge in [0.05, 0.1) is 12.5 Å². The lowest BCUT2D eigenvalue weighted by Crippen LogP contribution is -2.28. The number of ether oxygens (including phenoxy) is 2. The van der Waals surface area contributed by atoms with Crippen molar-refractivity contribution < 1.29 is 19.4 Å². The number of hydrogen-bond acceptors (Lipinski definition) is 5. The van der Waals surface area contributed by atoms with Gasteiger partial charge in [0.25, 0.3) is 0 Å². The van der Waals surface area contributed by atoms with Crippen LogP contribution in [0.15, 0.2) is 0 Å². The molecule has 0 aromatic rings. The molecular formula is C28H57NO4. The Bertz CT molecular complexity index is 405. The maximum absolute atomic E-state index is 12.5. The number of carbonyl (C=O) groups is 1. The topological polar surface area (TPSA) is 59.0 Å². The van der Waals surface area contributed by atoms with Crippen LogP contribution in [0, 0.1) is 5.92 Å². The van der Waals surface area contributed by atoms with Crippen molar-refractivity contribution >= 4 is 5.97 Å². The molecule has 0 radical (unpaired) electrons. The first-order chi connectivity index (χ1) is 16.2. The number of aliphatic hydroxyl groups excluding tert-OH is 1. The van der Waals surface area contributed by atoms with Gasteiger partial charge in [-0.1, -0.05) is 78.1 Å². The zero-order valence-corrected chi connectivity index (χ0v) is 22.5. The molecule has 0 saturated carbocycles. The highest BCUT2D eigenvalue weighted by Crippen LogP contribution is 2.19. The number of unbranched alkanes of at least 4 members (excludes halogenated alkanes) is 10. The molecule has 1 unspecified atom stereocenters. The minimum Gasteiger partial charge on any atom is -0.465 e. The van der Waals surface area contributed by atoms with Gasteiger partial charge in [-0.25, -0.2) is 0 Å². The lowest BCUT2D eigenvalue weighted by molar-refractivity contribution is -0.149. The number of hydrogen-bond donors (Lipinski definition) is 1. The van der Waals surface area contributed by atoms with E-state index in [2.05, 4.69) is 18.7 Å². The van der Waals surface area contributed by atoms with Gasteiger partial charge in [0.1, 0.15) is 0 Å². The first kappa shape index (κ1) is 32.4. The summed E-state index contributed by atoms with van der Waals surface area (Å²) in [7, 11) is 1.76. The molecule has 0 aromatic heterocycles. The number of methoxy groups -OCH3 is 1. The molecular weight excluding hydrogens is 414 g/mol. The summed E-state index contributed by atoms with van der Waals surface area (Å²) >= 11 is 0. The zero-order valence-electron chi connectivity index (χ0n) is 22.5. The Morgan fingerprint density at radius 1 is 0.697 bits per heavy atom. The van der Waals surface area contributed by atoms with Crippen LogP contribution in [0.4, 0.5) is 0 Å². The molecule has 1 atom stereocenters. The molecule has 0 fully saturated rings. The first-order valence-electron chi connectivity index (χ1n) is 14.2. The van der Waals surface area contributed by atoms with E-state index in [1.807, 2.05) is 0 Å². The molecule has 1 N–H and O–H groups in total. The largest absolute Gasteiger partial charge is 0.465 e. The summed E-state index contributed by atoms with van der Waals surface area (Å²) in [5.74, 6) is 0.150. The van der Waals surface area contributed by atoms with Crippen molar-refractivity contribution in [2.24, 2.45) is 5.92 Å². The molecule has 0 bridgehead atoms. The first-order valence-corrected chi connectivity index (χ1v) is 14.2. The van der Waals surface area contributed by atoms with Gasteiger partial charge in [0.2, 0.25) is 0 Å². The molecule has 0 aliphatic rings. The Hall–Kier alpha value is -0.650. The number of aliphatic hydroxyl groups is 1. The zero-order chi connectivity index (χ0) is 24.4. The highest BCUT2D eigenvalue weighted by atomic mass is 16.5. The molecule has 0 spiro atoms. The fraction of sp³-hybridized carbons (Fsp3) is 0.964. The van der Waals surface area contributed by atoms with Crippen LogP contribution in [-0.4, -0.2) is 62.5 Å². The highest BCUT2D eigenvalue weighted by molar-refractivity contribution is 5.72. The van der Waals surface area contributed by atoms with E-state index in [-0.39, 0.29) is 18.5 Å². The fourth-order valence-corrected chi connectivity index (χ4v) is 4.29. The lowest BCUT2D eigenvalue weighted by atomic mass is 9.95. The Kier molecular flexibility index (Phi) is 25.5. The van der Waals surface area contributed by atoms with E-state index in [1.54, 1.807) is 7.11 Å². The molecule has 0 amide bonds.